The van der Waals surface area contributed by atoms with Gasteiger partial charge < -0.3 is 5.43 Å². The molecule has 18 heavy (non-hydrogen) atoms. The third kappa shape index (κ3) is 3.07. The number of nitrogens with one attached hydrogen (secondary N) is 2. The summed E-state index contributed by atoms with van der Waals surface area (Å²) in [6.07, 6.45) is 4.97. The highest BCUT2D eigenvalue weighted by Crippen LogP contribution is 2.00. The minimum Gasteiger partial charge on any atom is -0.318 e. The van der Waals surface area contributed by atoms with E-state index in [2.05, 4.69) is 39.9 Å². The maximum atomic E-state index is 5.14. The van der Waals surface area contributed by atoms with E-state index in [4.69, 9.17) is 12.2 Å². The minimum absolute atomic E-state index is 0.597. The Bertz CT molecular complexity index is 568. The van der Waals surface area contributed by atoms with Gasteiger partial charge in [0.25, 0.3) is 0 Å². The number of hydrogen-bond donors (Lipinski definition) is 2. The first-order valence-electron chi connectivity index (χ1n) is 5.93. The maximum absolute atomic E-state index is 5.14. The van der Waals surface area contributed by atoms with Crippen LogP contribution in [0.1, 0.15) is 18.3 Å². The van der Waals surface area contributed by atoms with Crippen molar-refractivity contribution >= 4 is 18.3 Å². The molecule has 2 N–H and O–H groups in total. The molecule has 1 heterocycles. The zero-order valence-electron chi connectivity index (χ0n) is 10.3. The van der Waals surface area contributed by atoms with Gasteiger partial charge in [-0.25, -0.2) is 4.68 Å². The van der Waals surface area contributed by atoms with E-state index in [1.165, 1.54) is 5.56 Å². The number of aryl methyl sites for hydroxylation is 1. The van der Waals surface area contributed by atoms with Crippen LogP contribution in [0.25, 0.3) is 6.08 Å². The van der Waals surface area contributed by atoms with Crippen LogP contribution in [0.3, 0.4) is 0 Å². The molecular formula is C13H16N4S. The van der Waals surface area contributed by atoms with Gasteiger partial charge >= 0.3 is 0 Å². The van der Waals surface area contributed by atoms with Gasteiger partial charge in [0, 0.05) is 13.0 Å². The van der Waals surface area contributed by atoms with E-state index in [1.807, 2.05) is 29.8 Å². The SMILES string of the molecule is CCc1n[nH]c(=S)n1NCC=Cc1ccccc1. The van der Waals surface area contributed by atoms with Crippen molar-refractivity contribution in [2.45, 2.75) is 13.3 Å². The van der Waals surface area contributed by atoms with Crippen LogP contribution < -0.4 is 5.43 Å². The van der Waals surface area contributed by atoms with E-state index in [0.29, 0.717) is 11.3 Å². The molecule has 0 aliphatic carbocycles. The molecule has 0 aliphatic rings. The second kappa shape index (κ2) is 6.16. The molecule has 0 fully saturated rings. The number of hydrogen-bond acceptors (Lipinski definition) is 3. The van der Waals surface area contributed by atoms with Crippen molar-refractivity contribution in [3.8, 4) is 0 Å². The van der Waals surface area contributed by atoms with E-state index in [0.717, 1.165) is 12.2 Å². The molecule has 0 bridgehead atoms. The maximum Gasteiger partial charge on any atom is 0.214 e. The fourth-order valence-electron chi connectivity index (χ4n) is 1.63. The van der Waals surface area contributed by atoms with Crippen LogP contribution in [0, 0.1) is 4.77 Å². The van der Waals surface area contributed by atoms with Crippen LogP contribution in [-0.4, -0.2) is 21.4 Å². The van der Waals surface area contributed by atoms with Gasteiger partial charge in [0.05, 0.1) is 0 Å². The molecule has 0 spiro atoms. The van der Waals surface area contributed by atoms with Crippen LogP contribution in [0.2, 0.25) is 0 Å². The lowest BCUT2D eigenvalue weighted by Crippen LogP contribution is -2.17. The summed E-state index contributed by atoms with van der Waals surface area (Å²) in [6.45, 7) is 2.75. The van der Waals surface area contributed by atoms with Gasteiger partial charge in [0.1, 0.15) is 0 Å². The minimum atomic E-state index is 0.597. The smallest absolute Gasteiger partial charge is 0.214 e. The molecule has 0 saturated heterocycles. The molecule has 2 rings (SSSR count). The summed E-state index contributed by atoms with van der Waals surface area (Å²) in [4.78, 5) is 0. The quantitative estimate of drug-likeness (QED) is 0.813. The molecule has 94 valence electrons. The summed E-state index contributed by atoms with van der Waals surface area (Å²) in [7, 11) is 0. The number of benzene rings is 1. The monoisotopic (exact) mass is 260 g/mol. The third-order valence-electron chi connectivity index (χ3n) is 2.54. The summed E-state index contributed by atoms with van der Waals surface area (Å²) in [5, 5.41) is 6.91. The topological polar surface area (TPSA) is 45.6 Å². The van der Waals surface area contributed by atoms with Crippen molar-refractivity contribution in [2.75, 3.05) is 12.0 Å². The summed E-state index contributed by atoms with van der Waals surface area (Å²) < 4.78 is 2.41. The fraction of sp³-hybridized carbons (Fsp3) is 0.231. The van der Waals surface area contributed by atoms with Gasteiger partial charge in [-0.15, -0.1) is 0 Å². The van der Waals surface area contributed by atoms with E-state index in [1.54, 1.807) is 0 Å². The standard InChI is InChI=1S/C13H16N4S/c1-2-12-15-16-13(18)17(12)14-10-6-9-11-7-4-3-5-8-11/h3-9,14H,2,10H2,1H3,(H,16,18). The molecule has 0 radical (unpaired) electrons. The molecule has 0 unspecified atom stereocenters. The highest BCUT2D eigenvalue weighted by atomic mass is 32.1. The van der Waals surface area contributed by atoms with E-state index in [9.17, 15) is 0 Å². The zero-order chi connectivity index (χ0) is 12.8. The Labute approximate surface area is 111 Å². The van der Waals surface area contributed by atoms with Crippen molar-refractivity contribution in [2.24, 2.45) is 0 Å². The highest BCUT2D eigenvalue weighted by Gasteiger charge is 2.00. The van der Waals surface area contributed by atoms with Crippen molar-refractivity contribution in [3.05, 3.63) is 52.6 Å². The van der Waals surface area contributed by atoms with Gasteiger partial charge in [0.15, 0.2) is 5.82 Å². The van der Waals surface area contributed by atoms with Crippen LogP contribution >= 0.6 is 12.2 Å². The predicted octanol–water partition coefficient (Wildman–Crippen LogP) is 2.76. The first kappa shape index (κ1) is 12.6. The van der Waals surface area contributed by atoms with Gasteiger partial charge in [-0.2, -0.15) is 5.10 Å². The van der Waals surface area contributed by atoms with Gasteiger partial charge in [0.2, 0.25) is 4.77 Å². The molecule has 1 aromatic heterocycles. The van der Waals surface area contributed by atoms with Crippen molar-refractivity contribution < 1.29 is 0 Å². The van der Waals surface area contributed by atoms with Crippen molar-refractivity contribution in [1.29, 1.82) is 0 Å². The number of H-pyrrole nitrogens is 1. The first-order valence-corrected chi connectivity index (χ1v) is 6.34. The Hall–Kier alpha value is -1.88. The fourth-order valence-corrected chi connectivity index (χ4v) is 1.85. The lowest BCUT2D eigenvalue weighted by Gasteiger charge is -2.05. The summed E-state index contributed by atoms with van der Waals surface area (Å²) in [5.74, 6) is 0.910. The molecule has 0 aliphatic heterocycles. The Kier molecular flexibility index (Phi) is 4.30. The van der Waals surface area contributed by atoms with E-state index >= 15 is 0 Å². The van der Waals surface area contributed by atoms with Gasteiger partial charge in [-0.1, -0.05) is 49.4 Å². The predicted molar refractivity (Wildman–Crippen MR) is 76.5 cm³/mol. The van der Waals surface area contributed by atoms with Crippen LogP contribution in [0.5, 0.6) is 0 Å². The molecule has 2 aromatic rings. The molecule has 0 amide bonds. The zero-order valence-corrected chi connectivity index (χ0v) is 11.1. The summed E-state index contributed by atoms with van der Waals surface area (Å²) >= 11 is 5.14. The average molecular weight is 260 g/mol. The number of aromatic nitrogens is 3. The molecule has 0 saturated carbocycles. The highest BCUT2D eigenvalue weighted by molar-refractivity contribution is 7.71. The van der Waals surface area contributed by atoms with Crippen LogP contribution in [-0.2, 0) is 6.42 Å². The van der Waals surface area contributed by atoms with E-state index in [-0.39, 0.29) is 0 Å². The van der Waals surface area contributed by atoms with E-state index < -0.39 is 0 Å². The van der Waals surface area contributed by atoms with Crippen LogP contribution in [0.15, 0.2) is 36.4 Å². The third-order valence-corrected chi connectivity index (χ3v) is 2.81. The Morgan fingerprint density at radius 3 is 2.89 bits per heavy atom. The Morgan fingerprint density at radius 1 is 1.39 bits per heavy atom. The van der Waals surface area contributed by atoms with Crippen molar-refractivity contribution in [1.82, 2.24) is 14.9 Å². The normalized spacial score (nSPS) is 10.9. The van der Waals surface area contributed by atoms with Crippen molar-refractivity contribution in [3.63, 3.8) is 0 Å². The molecule has 4 nitrogen and oxygen atoms in total. The van der Waals surface area contributed by atoms with Crippen LogP contribution in [0.4, 0.5) is 0 Å². The number of rotatable bonds is 5. The summed E-state index contributed by atoms with van der Waals surface area (Å²) in [6, 6.07) is 10.2. The molecule has 1 aromatic carbocycles. The summed E-state index contributed by atoms with van der Waals surface area (Å²) in [5.41, 5.74) is 4.40. The first-order chi connectivity index (χ1) is 8.81. The lowest BCUT2D eigenvalue weighted by atomic mass is 10.2. The second-order valence-corrected chi connectivity index (χ2v) is 4.20. The molecular weight excluding hydrogens is 244 g/mol. The molecule has 0 atom stereocenters. The Balaban J connectivity index is 1.94. The number of nitrogens with zero attached hydrogens (tertiary/aromatic N) is 2. The lowest BCUT2D eigenvalue weighted by molar-refractivity contribution is 0.792. The largest absolute Gasteiger partial charge is 0.318 e. The number of aromatic amines is 1. The van der Waals surface area contributed by atoms with Gasteiger partial charge in [-0.05, 0) is 17.8 Å². The second-order valence-electron chi connectivity index (χ2n) is 3.81. The molecule has 5 heteroatoms. The Morgan fingerprint density at radius 2 is 2.17 bits per heavy atom. The average Bonchev–Trinajstić information content (AvgIpc) is 2.77. The van der Waals surface area contributed by atoms with Gasteiger partial charge in [-0.3, -0.25) is 5.10 Å².